The predicted molar refractivity (Wildman–Crippen MR) is 61.6 cm³/mol. The highest BCUT2D eigenvalue weighted by Crippen LogP contribution is 2.09. The maximum Gasteiger partial charge on any atom is 0.222 e. The molecule has 15 heavy (non-hydrogen) atoms. The van der Waals surface area contributed by atoms with Crippen molar-refractivity contribution in [1.82, 2.24) is 9.80 Å². The second-order valence-corrected chi connectivity index (χ2v) is 4.07. The van der Waals surface area contributed by atoms with E-state index in [1.54, 1.807) is 0 Å². The van der Waals surface area contributed by atoms with Gasteiger partial charge in [-0.2, -0.15) is 0 Å². The van der Waals surface area contributed by atoms with E-state index in [2.05, 4.69) is 11.8 Å². The first-order valence-electron chi connectivity index (χ1n) is 5.94. The molecule has 1 aliphatic heterocycles. The molecule has 1 amide bonds. The lowest BCUT2D eigenvalue weighted by atomic mass is 10.1. The monoisotopic (exact) mass is 213 g/mol. The molecular formula is C11H23N3O. The lowest BCUT2D eigenvalue weighted by Gasteiger charge is -2.38. The number of hydrogen-bond acceptors (Lipinski definition) is 3. The summed E-state index contributed by atoms with van der Waals surface area (Å²) in [6.07, 6.45) is 1.71. The standard InChI is InChI=1S/C11H23N3O/c1-3-10(9-12)13-5-7-14(8-6-13)11(15)4-2/h10H,3-9,12H2,1-2H3. The molecule has 88 valence electrons. The molecule has 0 aliphatic carbocycles. The van der Waals surface area contributed by atoms with Crippen molar-refractivity contribution >= 4 is 5.91 Å². The number of carbonyl (C=O) groups is 1. The van der Waals surface area contributed by atoms with E-state index in [0.717, 1.165) is 39.1 Å². The smallest absolute Gasteiger partial charge is 0.222 e. The van der Waals surface area contributed by atoms with Crippen molar-refractivity contribution in [2.24, 2.45) is 5.73 Å². The van der Waals surface area contributed by atoms with Gasteiger partial charge in [-0.3, -0.25) is 9.69 Å². The van der Waals surface area contributed by atoms with Gasteiger partial charge in [0.25, 0.3) is 0 Å². The number of piperazine rings is 1. The predicted octanol–water partition coefficient (Wildman–Crippen LogP) is 0.278. The van der Waals surface area contributed by atoms with Gasteiger partial charge in [0.2, 0.25) is 5.91 Å². The van der Waals surface area contributed by atoms with Crippen LogP contribution in [0.3, 0.4) is 0 Å². The van der Waals surface area contributed by atoms with E-state index in [9.17, 15) is 4.79 Å². The van der Waals surface area contributed by atoms with E-state index >= 15 is 0 Å². The van der Waals surface area contributed by atoms with E-state index < -0.39 is 0 Å². The quantitative estimate of drug-likeness (QED) is 0.729. The summed E-state index contributed by atoms with van der Waals surface area (Å²) in [6.45, 7) is 8.48. The molecule has 2 N–H and O–H groups in total. The molecule has 1 atom stereocenters. The molecular weight excluding hydrogens is 190 g/mol. The Hall–Kier alpha value is -0.610. The van der Waals surface area contributed by atoms with Gasteiger partial charge in [0.15, 0.2) is 0 Å². The van der Waals surface area contributed by atoms with Crippen LogP contribution in [0, 0.1) is 0 Å². The molecule has 0 radical (unpaired) electrons. The third-order valence-electron chi connectivity index (χ3n) is 3.23. The second kappa shape index (κ2) is 6.08. The summed E-state index contributed by atoms with van der Waals surface area (Å²) in [5.41, 5.74) is 5.71. The molecule has 0 saturated carbocycles. The Morgan fingerprint density at radius 1 is 1.27 bits per heavy atom. The minimum absolute atomic E-state index is 0.274. The average Bonchev–Trinajstić information content (AvgIpc) is 2.30. The number of nitrogens with zero attached hydrogens (tertiary/aromatic N) is 2. The van der Waals surface area contributed by atoms with Crippen molar-refractivity contribution in [2.45, 2.75) is 32.7 Å². The van der Waals surface area contributed by atoms with E-state index in [-0.39, 0.29) is 5.91 Å². The Morgan fingerprint density at radius 3 is 2.27 bits per heavy atom. The Bertz CT molecular complexity index is 196. The van der Waals surface area contributed by atoms with Crippen LogP contribution in [0.1, 0.15) is 26.7 Å². The highest BCUT2D eigenvalue weighted by molar-refractivity contribution is 5.75. The number of amides is 1. The minimum atomic E-state index is 0.274. The van der Waals surface area contributed by atoms with E-state index in [1.165, 1.54) is 0 Å². The van der Waals surface area contributed by atoms with Gasteiger partial charge in [0, 0.05) is 45.2 Å². The largest absolute Gasteiger partial charge is 0.340 e. The third kappa shape index (κ3) is 3.18. The molecule has 1 heterocycles. The number of rotatable bonds is 4. The van der Waals surface area contributed by atoms with Crippen molar-refractivity contribution in [2.75, 3.05) is 32.7 Å². The zero-order valence-corrected chi connectivity index (χ0v) is 9.91. The molecule has 0 bridgehead atoms. The van der Waals surface area contributed by atoms with Crippen LogP contribution in [0.25, 0.3) is 0 Å². The van der Waals surface area contributed by atoms with Gasteiger partial charge >= 0.3 is 0 Å². The molecule has 1 aliphatic rings. The third-order valence-corrected chi connectivity index (χ3v) is 3.23. The van der Waals surface area contributed by atoms with Crippen LogP contribution in [-0.4, -0.2) is 54.5 Å². The van der Waals surface area contributed by atoms with Crippen molar-refractivity contribution in [3.05, 3.63) is 0 Å². The van der Waals surface area contributed by atoms with Gasteiger partial charge < -0.3 is 10.6 Å². The van der Waals surface area contributed by atoms with Crippen LogP contribution >= 0.6 is 0 Å². The molecule has 1 unspecified atom stereocenters. The maximum absolute atomic E-state index is 11.5. The van der Waals surface area contributed by atoms with Crippen LogP contribution in [0.2, 0.25) is 0 Å². The maximum atomic E-state index is 11.5. The summed E-state index contributed by atoms with van der Waals surface area (Å²) in [6, 6.07) is 0.490. The lowest BCUT2D eigenvalue weighted by molar-refractivity contribution is -0.132. The van der Waals surface area contributed by atoms with E-state index in [0.29, 0.717) is 12.5 Å². The van der Waals surface area contributed by atoms with E-state index in [1.807, 2.05) is 11.8 Å². The lowest BCUT2D eigenvalue weighted by Crippen LogP contribution is -2.53. The normalized spacial score (nSPS) is 20.3. The van der Waals surface area contributed by atoms with Gasteiger partial charge in [-0.25, -0.2) is 0 Å². The fraction of sp³-hybridized carbons (Fsp3) is 0.909. The van der Waals surface area contributed by atoms with Crippen LogP contribution in [0.4, 0.5) is 0 Å². The van der Waals surface area contributed by atoms with Gasteiger partial charge in [-0.1, -0.05) is 13.8 Å². The fourth-order valence-corrected chi connectivity index (χ4v) is 2.13. The first-order valence-corrected chi connectivity index (χ1v) is 5.94. The molecule has 0 aromatic heterocycles. The average molecular weight is 213 g/mol. The first kappa shape index (κ1) is 12.5. The molecule has 1 fully saturated rings. The minimum Gasteiger partial charge on any atom is -0.340 e. The molecule has 0 spiro atoms. The molecule has 4 nitrogen and oxygen atoms in total. The molecule has 4 heteroatoms. The Morgan fingerprint density at radius 2 is 1.87 bits per heavy atom. The van der Waals surface area contributed by atoms with E-state index in [4.69, 9.17) is 5.73 Å². The SMILES string of the molecule is CCC(=O)N1CCN(C(CC)CN)CC1. The van der Waals surface area contributed by atoms with Crippen LogP contribution < -0.4 is 5.73 Å². The topological polar surface area (TPSA) is 49.6 Å². The molecule has 0 aromatic carbocycles. The number of carbonyl (C=O) groups excluding carboxylic acids is 1. The van der Waals surface area contributed by atoms with Crippen molar-refractivity contribution in [1.29, 1.82) is 0 Å². The fourth-order valence-electron chi connectivity index (χ4n) is 2.13. The molecule has 0 aromatic rings. The second-order valence-electron chi connectivity index (χ2n) is 4.07. The highest BCUT2D eigenvalue weighted by atomic mass is 16.2. The summed E-state index contributed by atoms with van der Waals surface area (Å²) >= 11 is 0. The zero-order valence-electron chi connectivity index (χ0n) is 9.91. The first-order chi connectivity index (χ1) is 7.22. The Kier molecular flexibility index (Phi) is 5.05. The zero-order chi connectivity index (χ0) is 11.3. The summed E-state index contributed by atoms with van der Waals surface area (Å²) in [5, 5.41) is 0. The number of nitrogens with two attached hydrogens (primary N) is 1. The summed E-state index contributed by atoms with van der Waals surface area (Å²) in [7, 11) is 0. The van der Waals surface area contributed by atoms with Crippen molar-refractivity contribution in [3.8, 4) is 0 Å². The van der Waals surface area contributed by atoms with Crippen LogP contribution in [-0.2, 0) is 4.79 Å². The summed E-state index contributed by atoms with van der Waals surface area (Å²) in [4.78, 5) is 15.8. The van der Waals surface area contributed by atoms with Crippen LogP contribution in [0.5, 0.6) is 0 Å². The highest BCUT2D eigenvalue weighted by Gasteiger charge is 2.23. The van der Waals surface area contributed by atoms with Gasteiger partial charge in [0.1, 0.15) is 0 Å². The van der Waals surface area contributed by atoms with Gasteiger partial charge in [-0.15, -0.1) is 0 Å². The van der Waals surface area contributed by atoms with Crippen molar-refractivity contribution in [3.63, 3.8) is 0 Å². The summed E-state index contributed by atoms with van der Waals surface area (Å²) in [5.74, 6) is 0.274. The van der Waals surface area contributed by atoms with Gasteiger partial charge in [0.05, 0.1) is 0 Å². The van der Waals surface area contributed by atoms with Gasteiger partial charge in [-0.05, 0) is 6.42 Å². The Balaban J connectivity index is 2.38. The van der Waals surface area contributed by atoms with Crippen molar-refractivity contribution < 1.29 is 4.79 Å². The number of hydrogen-bond donors (Lipinski definition) is 1. The molecule has 1 saturated heterocycles. The molecule has 1 rings (SSSR count). The van der Waals surface area contributed by atoms with Crippen LogP contribution in [0.15, 0.2) is 0 Å². The Labute approximate surface area is 92.4 Å². The summed E-state index contributed by atoms with van der Waals surface area (Å²) < 4.78 is 0.